The molecular formula is C12H20O3. The Balaban J connectivity index is 1.77. The molecule has 1 aliphatic carbocycles. The first kappa shape index (κ1) is 11.0. The Kier molecular flexibility index (Phi) is 3.65. The molecule has 0 radical (unpaired) electrons. The molecule has 3 nitrogen and oxygen atoms in total. The largest absolute Gasteiger partial charge is 0.499 e. The fourth-order valence-electron chi connectivity index (χ4n) is 2.31. The summed E-state index contributed by atoms with van der Waals surface area (Å²) in [6.07, 6.45) is 9.56. The molecule has 2 rings (SSSR count). The summed E-state index contributed by atoms with van der Waals surface area (Å²) in [6, 6.07) is 0. The van der Waals surface area contributed by atoms with E-state index in [0.29, 0.717) is 13.2 Å². The molecule has 0 unspecified atom stereocenters. The molecule has 1 aliphatic heterocycles. The predicted molar refractivity (Wildman–Crippen MR) is 57.4 cm³/mol. The first-order valence-electron chi connectivity index (χ1n) is 5.89. The fraction of sp³-hybridized carbons (Fsp3) is 0.833. The van der Waals surface area contributed by atoms with Crippen LogP contribution in [0, 0.1) is 0 Å². The van der Waals surface area contributed by atoms with Gasteiger partial charge in [0, 0.05) is 12.8 Å². The lowest BCUT2D eigenvalue weighted by Gasteiger charge is -2.31. The van der Waals surface area contributed by atoms with Crippen LogP contribution < -0.4 is 0 Å². The Morgan fingerprint density at radius 3 is 2.87 bits per heavy atom. The van der Waals surface area contributed by atoms with Crippen molar-refractivity contribution in [2.75, 3.05) is 13.2 Å². The molecule has 2 fully saturated rings. The molecule has 1 heterocycles. The lowest BCUT2D eigenvalue weighted by molar-refractivity contribution is -0.189. The van der Waals surface area contributed by atoms with Crippen molar-refractivity contribution in [3.8, 4) is 0 Å². The molecule has 1 saturated heterocycles. The van der Waals surface area contributed by atoms with E-state index in [0.717, 1.165) is 12.8 Å². The summed E-state index contributed by atoms with van der Waals surface area (Å²) in [4.78, 5) is 0. The van der Waals surface area contributed by atoms with E-state index in [-0.39, 0.29) is 11.9 Å². The fourth-order valence-corrected chi connectivity index (χ4v) is 2.31. The van der Waals surface area contributed by atoms with Crippen molar-refractivity contribution in [3.05, 3.63) is 12.3 Å². The van der Waals surface area contributed by atoms with Crippen LogP contribution in [0.15, 0.2) is 12.3 Å². The van der Waals surface area contributed by atoms with Crippen molar-refractivity contribution in [1.29, 1.82) is 0 Å². The SMILES string of the molecule is C/C=C\OC[C@H]1COC2(CCCCC2)O1. The second-order valence-electron chi connectivity index (χ2n) is 4.32. The maximum absolute atomic E-state index is 5.96. The molecule has 0 aromatic heterocycles. The van der Waals surface area contributed by atoms with E-state index in [4.69, 9.17) is 14.2 Å². The van der Waals surface area contributed by atoms with Crippen LogP contribution in [0.1, 0.15) is 39.0 Å². The normalized spacial score (nSPS) is 30.1. The smallest absolute Gasteiger partial charge is 0.169 e. The Morgan fingerprint density at radius 2 is 2.13 bits per heavy atom. The highest BCUT2D eigenvalue weighted by atomic mass is 16.7. The van der Waals surface area contributed by atoms with Gasteiger partial charge in [0.2, 0.25) is 0 Å². The van der Waals surface area contributed by atoms with E-state index in [1.54, 1.807) is 6.26 Å². The second kappa shape index (κ2) is 4.99. The highest BCUT2D eigenvalue weighted by Gasteiger charge is 2.42. The van der Waals surface area contributed by atoms with E-state index < -0.39 is 0 Å². The van der Waals surface area contributed by atoms with Gasteiger partial charge in [0.15, 0.2) is 5.79 Å². The summed E-state index contributed by atoms with van der Waals surface area (Å²) in [7, 11) is 0. The third kappa shape index (κ3) is 2.73. The number of allylic oxidation sites excluding steroid dienone is 1. The van der Waals surface area contributed by atoms with E-state index in [9.17, 15) is 0 Å². The molecule has 0 aromatic carbocycles. The van der Waals surface area contributed by atoms with Gasteiger partial charge in [-0.2, -0.15) is 0 Å². The molecule has 1 saturated carbocycles. The van der Waals surface area contributed by atoms with Gasteiger partial charge in [-0.3, -0.25) is 0 Å². The molecule has 1 spiro atoms. The minimum atomic E-state index is -0.262. The lowest BCUT2D eigenvalue weighted by Crippen LogP contribution is -2.33. The zero-order valence-corrected chi connectivity index (χ0v) is 9.41. The minimum Gasteiger partial charge on any atom is -0.499 e. The van der Waals surface area contributed by atoms with Gasteiger partial charge in [0.05, 0.1) is 12.9 Å². The van der Waals surface area contributed by atoms with Gasteiger partial charge >= 0.3 is 0 Å². The van der Waals surface area contributed by atoms with Gasteiger partial charge in [-0.25, -0.2) is 0 Å². The molecule has 86 valence electrons. The number of rotatable bonds is 3. The highest BCUT2D eigenvalue weighted by Crippen LogP contribution is 2.37. The Hall–Kier alpha value is -0.540. The zero-order chi connectivity index (χ0) is 10.6. The Morgan fingerprint density at radius 1 is 1.33 bits per heavy atom. The topological polar surface area (TPSA) is 27.7 Å². The van der Waals surface area contributed by atoms with Crippen molar-refractivity contribution in [2.45, 2.75) is 50.9 Å². The van der Waals surface area contributed by atoms with Crippen LogP contribution in [0.4, 0.5) is 0 Å². The molecule has 3 heteroatoms. The molecule has 2 aliphatic rings. The Labute approximate surface area is 91.4 Å². The van der Waals surface area contributed by atoms with Crippen LogP contribution in [0.25, 0.3) is 0 Å². The Bertz CT molecular complexity index is 219. The standard InChI is InChI=1S/C12H20O3/c1-2-8-13-9-11-10-14-12(15-11)6-4-3-5-7-12/h2,8,11H,3-7,9-10H2,1H3/b8-2-/t11-/m0/s1. The van der Waals surface area contributed by atoms with Crippen molar-refractivity contribution < 1.29 is 14.2 Å². The molecule has 0 bridgehead atoms. The van der Waals surface area contributed by atoms with E-state index in [1.807, 2.05) is 13.0 Å². The van der Waals surface area contributed by atoms with Crippen molar-refractivity contribution in [1.82, 2.24) is 0 Å². The number of hydrogen-bond acceptors (Lipinski definition) is 3. The predicted octanol–water partition coefficient (Wildman–Crippen LogP) is 2.61. The van der Waals surface area contributed by atoms with Crippen molar-refractivity contribution in [2.24, 2.45) is 0 Å². The maximum Gasteiger partial charge on any atom is 0.169 e. The van der Waals surface area contributed by atoms with Crippen molar-refractivity contribution >= 4 is 0 Å². The van der Waals surface area contributed by atoms with Gasteiger partial charge in [-0.05, 0) is 19.8 Å². The average Bonchev–Trinajstić information content (AvgIpc) is 2.63. The van der Waals surface area contributed by atoms with Crippen molar-refractivity contribution in [3.63, 3.8) is 0 Å². The number of hydrogen-bond donors (Lipinski definition) is 0. The summed E-state index contributed by atoms with van der Waals surface area (Å²) in [5.41, 5.74) is 0. The summed E-state index contributed by atoms with van der Waals surface area (Å²) < 4.78 is 17.1. The van der Waals surface area contributed by atoms with Crippen LogP contribution >= 0.6 is 0 Å². The lowest BCUT2D eigenvalue weighted by atomic mass is 9.94. The molecule has 0 aromatic rings. The van der Waals surface area contributed by atoms with Gasteiger partial charge in [-0.1, -0.05) is 12.5 Å². The molecule has 1 atom stereocenters. The monoisotopic (exact) mass is 212 g/mol. The molecule has 0 amide bonds. The summed E-state index contributed by atoms with van der Waals surface area (Å²) >= 11 is 0. The number of ether oxygens (including phenoxy) is 3. The minimum absolute atomic E-state index is 0.110. The van der Waals surface area contributed by atoms with Gasteiger partial charge < -0.3 is 14.2 Å². The average molecular weight is 212 g/mol. The van der Waals surface area contributed by atoms with E-state index >= 15 is 0 Å². The quantitative estimate of drug-likeness (QED) is 0.673. The van der Waals surface area contributed by atoms with Gasteiger partial charge in [0.25, 0.3) is 0 Å². The highest BCUT2D eigenvalue weighted by molar-refractivity contribution is 4.82. The summed E-state index contributed by atoms with van der Waals surface area (Å²) in [5.74, 6) is -0.262. The van der Waals surface area contributed by atoms with Gasteiger partial charge in [-0.15, -0.1) is 0 Å². The van der Waals surface area contributed by atoms with E-state index in [2.05, 4.69) is 0 Å². The van der Waals surface area contributed by atoms with E-state index in [1.165, 1.54) is 19.3 Å². The van der Waals surface area contributed by atoms with Crippen LogP contribution in [0.5, 0.6) is 0 Å². The zero-order valence-electron chi connectivity index (χ0n) is 9.41. The van der Waals surface area contributed by atoms with Crippen LogP contribution in [-0.4, -0.2) is 25.1 Å². The molecular weight excluding hydrogens is 192 g/mol. The van der Waals surface area contributed by atoms with Gasteiger partial charge in [0.1, 0.15) is 12.7 Å². The summed E-state index contributed by atoms with van der Waals surface area (Å²) in [6.45, 7) is 3.22. The van der Waals surface area contributed by atoms with Crippen LogP contribution in [-0.2, 0) is 14.2 Å². The van der Waals surface area contributed by atoms with Crippen LogP contribution in [0.3, 0.4) is 0 Å². The first-order chi connectivity index (χ1) is 7.35. The summed E-state index contributed by atoms with van der Waals surface area (Å²) in [5, 5.41) is 0. The second-order valence-corrected chi connectivity index (χ2v) is 4.32. The maximum atomic E-state index is 5.96. The first-order valence-corrected chi connectivity index (χ1v) is 5.89. The third-order valence-electron chi connectivity index (χ3n) is 3.04. The third-order valence-corrected chi connectivity index (χ3v) is 3.04. The molecule has 15 heavy (non-hydrogen) atoms. The van der Waals surface area contributed by atoms with Crippen LogP contribution in [0.2, 0.25) is 0 Å². The molecule has 0 N–H and O–H groups in total.